The average Bonchev–Trinajstić information content (AvgIpc) is 3.08. The highest BCUT2D eigenvalue weighted by molar-refractivity contribution is 5.15. The first kappa shape index (κ1) is 11.5. The van der Waals surface area contributed by atoms with Crippen LogP contribution in [0.4, 0.5) is 0 Å². The van der Waals surface area contributed by atoms with E-state index in [2.05, 4.69) is 16.3 Å². The van der Waals surface area contributed by atoms with Crippen molar-refractivity contribution < 1.29 is 4.74 Å². The van der Waals surface area contributed by atoms with Crippen LogP contribution >= 0.6 is 0 Å². The molecule has 0 amide bonds. The molecule has 0 radical (unpaired) electrons. The van der Waals surface area contributed by atoms with Gasteiger partial charge in [-0.15, -0.1) is 0 Å². The SMILES string of the molecule is N#CC1(NC2CC2)CCC(N2CCOCC2)C1. The van der Waals surface area contributed by atoms with Crippen molar-refractivity contribution >= 4 is 0 Å². The summed E-state index contributed by atoms with van der Waals surface area (Å²) in [5.41, 5.74) is -0.232. The summed E-state index contributed by atoms with van der Waals surface area (Å²) in [6, 6.07) is 3.76. The van der Waals surface area contributed by atoms with Gasteiger partial charge in [-0.05, 0) is 32.1 Å². The fourth-order valence-corrected chi connectivity index (χ4v) is 3.16. The summed E-state index contributed by atoms with van der Waals surface area (Å²) in [5.74, 6) is 0. The third-order valence-corrected chi connectivity index (χ3v) is 4.32. The molecule has 1 N–H and O–H groups in total. The molecule has 0 bridgehead atoms. The Morgan fingerprint density at radius 3 is 2.65 bits per heavy atom. The van der Waals surface area contributed by atoms with Gasteiger partial charge in [0.05, 0.1) is 19.3 Å². The number of nitrogens with one attached hydrogen (secondary N) is 1. The maximum atomic E-state index is 9.45. The van der Waals surface area contributed by atoms with E-state index in [-0.39, 0.29) is 5.54 Å². The summed E-state index contributed by atoms with van der Waals surface area (Å²) in [6.45, 7) is 3.78. The minimum absolute atomic E-state index is 0.232. The highest BCUT2D eigenvalue weighted by Gasteiger charge is 2.44. The molecule has 0 spiro atoms. The molecule has 2 aliphatic carbocycles. The zero-order valence-corrected chi connectivity index (χ0v) is 10.3. The molecule has 1 saturated heterocycles. The molecule has 4 nitrogen and oxygen atoms in total. The Hall–Kier alpha value is -0.630. The molecule has 0 aromatic heterocycles. The highest BCUT2D eigenvalue weighted by atomic mass is 16.5. The van der Waals surface area contributed by atoms with Gasteiger partial charge < -0.3 is 4.74 Å². The Bertz CT molecular complexity index is 317. The minimum Gasteiger partial charge on any atom is -0.379 e. The van der Waals surface area contributed by atoms with E-state index in [1.165, 1.54) is 12.8 Å². The van der Waals surface area contributed by atoms with Crippen molar-refractivity contribution in [3.05, 3.63) is 0 Å². The van der Waals surface area contributed by atoms with Gasteiger partial charge in [-0.3, -0.25) is 10.2 Å². The number of nitrogens with zero attached hydrogens (tertiary/aromatic N) is 2. The summed E-state index contributed by atoms with van der Waals surface area (Å²) in [7, 11) is 0. The lowest BCUT2D eigenvalue weighted by molar-refractivity contribution is 0.0169. The first-order chi connectivity index (χ1) is 8.31. The largest absolute Gasteiger partial charge is 0.379 e. The van der Waals surface area contributed by atoms with Crippen LogP contribution < -0.4 is 5.32 Å². The Morgan fingerprint density at radius 2 is 2.00 bits per heavy atom. The fourth-order valence-electron chi connectivity index (χ4n) is 3.16. The van der Waals surface area contributed by atoms with Crippen molar-refractivity contribution in [3.8, 4) is 6.07 Å². The molecule has 3 rings (SSSR count). The molecular formula is C13H21N3O. The summed E-state index contributed by atoms with van der Waals surface area (Å²) in [4.78, 5) is 2.51. The third-order valence-electron chi connectivity index (χ3n) is 4.32. The fraction of sp³-hybridized carbons (Fsp3) is 0.923. The second kappa shape index (κ2) is 4.56. The summed E-state index contributed by atoms with van der Waals surface area (Å²) in [5, 5.41) is 13.0. The first-order valence-electron chi connectivity index (χ1n) is 6.82. The van der Waals surface area contributed by atoms with Crippen LogP contribution in [0.3, 0.4) is 0 Å². The van der Waals surface area contributed by atoms with E-state index >= 15 is 0 Å². The topological polar surface area (TPSA) is 48.3 Å². The molecule has 17 heavy (non-hydrogen) atoms. The van der Waals surface area contributed by atoms with Gasteiger partial charge in [0.15, 0.2) is 0 Å². The van der Waals surface area contributed by atoms with Crippen molar-refractivity contribution in [1.82, 2.24) is 10.2 Å². The van der Waals surface area contributed by atoms with Crippen LogP contribution in [0.5, 0.6) is 0 Å². The molecular weight excluding hydrogens is 214 g/mol. The maximum Gasteiger partial charge on any atom is 0.108 e. The summed E-state index contributed by atoms with van der Waals surface area (Å²) in [6.07, 6.45) is 5.69. The normalized spacial score (nSPS) is 39.1. The monoisotopic (exact) mass is 235 g/mol. The lowest BCUT2D eigenvalue weighted by Gasteiger charge is -2.33. The quantitative estimate of drug-likeness (QED) is 0.789. The first-order valence-corrected chi connectivity index (χ1v) is 6.82. The van der Waals surface area contributed by atoms with Gasteiger partial charge in [-0.1, -0.05) is 0 Å². The van der Waals surface area contributed by atoms with Crippen LogP contribution in [0.25, 0.3) is 0 Å². The number of hydrogen-bond donors (Lipinski definition) is 1. The third kappa shape index (κ3) is 2.47. The molecule has 3 fully saturated rings. The number of hydrogen-bond acceptors (Lipinski definition) is 4. The number of rotatable bonds is 3. The van der Waals surface area contributed by atoms with Gasteiger partial charge in [0, 0.05) is 25.2 Å². The van der Waals surface area contributed by atoms with Crippen molar-refractivity contribution in [3.63, 3.8) is 0 Å². The number of morpholine rings is 1. The van der Waals surface area contributed by atoms with Gasteiger partial charge in [-0.2, -0.15) is 5.26 Å². The van der Waals surface area contributed by atoms with Crippen molar-refractivity contribution in [2.24, 2.45) is 0 Å². The van der Waals surface area contributed by atoms with Crippen LogP contribution in [-0.4, -0.2) is 48.8 Å². The van der Waals surface area contributed by atoms with Gasteiger partial charge in [0.25, 0.3) is 0 Å². The van der Waals surface area contributed by atoms with E-state index in [0.717, 1.165) is 45.6 Å². The molecule has 94 valence electrons. The molecule has 1 heterocycles. The lowest BCUT2D eigenvalue weighted by atomic mass is 9.99. The standard InChI is InChI=1S/C13H21N3O/c14-10-13(15-11-1-2-11)4-3-12(9-13)16-5-7-17-8-6-16/h11-12,15H,1-9H2. The highest BCUT2D eigenvalue weighted by Crippen LogP contribution is 2.36. The molecule has 2 unspecified atom stereocenters. The Balaban J connectivity index is 1.60. The zero-order chi connectivity index (χ0) is 11.7. The predicted molar refractivity (Wildman–Crippen MR) is 64.5 cm³/mol. The lowest BCUT2D eigenvalue weighted by Crippen LogP contribution is -2.47. The predicted octanol–water partition coefficient (Wildman–Crippen LogP) is 0.885. The number of ether oxygens (including phenoxy) is 1. The van der Waals surface area contributed by atoms with Gasteiger partial charge in [0.2, 0.25) is 0 Å². The molecule has 0 aromatic carbocycles. The van der Waals surface area contributed by atoms with Crippen molar-refractivity contribution in [2.45, 2.75) is 49.7 Å². The summed E-state index contributed by atoms with van der Waals surface area (Å²) >= 11 is 0. The molecule has 0 aromatic rings. The van der Waals surface area contributed by atoms with E-state index in [0.29, 0.717) is 12.1 Å². The second-order valence-corrected chi connectivity index (χ2v) is 5.66. The molecule has 4 heteroatoms. The van der Waals surface area contributed by atoms with E-state index in [9.17, 15) is 5.26 Å². The van der Waals surface area contributed by atoms with E-state index in [1.807, 2.05) is 0 Å². The molecule has 3 aliphatic rings. The van der Waals surface area contributed by atoms with Crippen LogP contribution in [0.1, 0.15) is 32.1 Å². The van der Waals surface area contributed by atoms with Crippen LogP contribution in [0.2, 0.25) is 0 Å². The Kier molecular flexibility index (Phi) is 3.08. The zero-order valence-electron chi connectivity index (χ0n) is 10.3. The van der Waals surface area contributed by atoms with E-state index < -0.39 is 0 Å². The Labute approximate surface area is 103 Å². The van der Waals surface area contributed by atoms with Crippen LogP contribution in [-0.2, 0) is 4.74 Å². The van der Waals surface area contributed by atoms with Crippen LogP contribution in [0.15, 0.2) is 0 Å². The molecule has 2 atom stereocenters. The number of nitriles is 1. The second-order valence-electron chi connectivity index (χ2n) is 5.66. The average molecular weight is 235 g/mol. The van der Waals surface area contributed by atoms with E-state index in [4.69, 9.17) is 4.74 Å². The summed E-state index contributed by atoms with van der Waals surface area (Å²) < 4.78 is 5.39. The van der Waals surface area contributed by atoms with Gasteiger partial charge in [0.1, 0.15) is 5.54 Å². The van der Waals surface area contributed by atoms with Gasteiger partial charge in [-0.25, -0.2) is 0 Å². The minimum atomic E-state index is -0.232. The van der Waals surface area contributed by atoms with Crippen molar-refractivity contribution in [1.29, 1.82) is 5.26 Å². The van der Waals surface area contributed by atoms with Crippen LogP contribution in [0, 0.1) is 11.3 Å². The van der Waals surface area contributed by atoms with Crippen molar-refractivity contribution in [2.75, 3.05) is 26.3 Å². The van der Waals surface area contributed by atoms with E-state index in [1.54, 1.807) is 0 Å². The van der Waals surface area contributed by atoms with Gasteiger partial charge >= 0.3 is 0 Å². The maximum absolute atomic E-state index is 9.45. The smallest absolute Gasteiger partial charge is 0.108 e. The molecule has 2 saturated carbocycles. The molecule has 1 aliphatic heterocycles. The Morgan fingerprint density at radius 1 is 1.24 bits per heavy atom.